The van der Waals surface area contributed by atoms with Crippen molar-refractivity contribution < 1.29 is 9.15 Å². The fraction of sp³-hybridized carbons (Fsp3) is 0.762. The van der Waals surface area contributed by atoms with Gasteiger partial charge in [0, 0.05) is 51.2 Å². The van der Waals surface area contributed by atoms with Crippen LogP contribution in [0.4, 0.5) is 0 Å². The molecular formula is C21H37IN4O2. The van der Waals surface area contributed by atoms with Crippen LogP contribution in [0.15, 0.2) is 27.8 Å². The van der Waals surface area contributed by atoms with E-state index in [-0.39, 0.29) is 24.0 Å². The second-order valence-electron chi connectivity index (χ2n) is 7.79. The molecule has 2 N–H and O–H groups in total. The summed E-state index contributed by atoms with van der Waals surface area (Å²) in [5.74, 6) is 2.51. The van der Waals surface area contributed by atoms with Crippen molar-refractivity contribution in [1.29, 1.82) is 0 Å². The minimum absolute atomic E-state index is 0. The normalized spacial score (nSPS) is 21.5. The van der Waals surface area contributed by atoms with E-state index < -0.39 is 0 Å². The average Bonchev–Trinajstić information content (AvgIpc) is 3.39. The van der Waals surface area contributed by atoms with E-state index in [1.54, 1.807) is 6.26 Å². The Morgan fingerprint density at radius 1 is 1.29 bits per heavy atom. The number of ether oxygens (including phenoxy) is 1. The standard InChI is InChI=1S/C21H36N4O2.HI/c1-2-3-11-25-12-7-19(8-13-25)24-21(23-16-18-9-15-26-17-18)22-10-6-20-5-4-14-27-20;/h4-5,14,18-19H,2-3,6-13,15-17H2,1H3,(H2,22,23,24);1H. The van der Waals surface area contributed by atoms with Crippen LogP contribution in [-0.2, 0) is 11.2 Å². The monoisotopic (exact) mass is 504 g/mol. The highest BCUT2D eigenvalue weighted by atomic mass is 127. The smallest absolute Gasteiger partial charge is 0.191 e. The van der Waals surface area contributed by atoms with Gasteiger partial charge in [0.15, 0.2) is 5.96 Å². The van der Waals surface area contributed by atoms with Crippen LogP contribution in [0.2, 0.25) is 0 Å². The maximum atomic E-state index is 5.49. The number of hydrogen-bond acceptors (Lipinski definition) is 4. The van der Waals surface area contributed by atoms with Gasteiger partial charge in [-0.25, -0.2) is 0 Å². The quantitative estimate of drug-likeness (QED) is 0.307. The number of unbranched alkanes of at least 4 members (excludes halogenated alkanes) is 1. The number of hydrogen-bond donors (Lipinski definition) is 2. The summed E-state index contributed by atoms with van der Waals surface area (Å²) >= 11 is 0. The van der Waals surface area contributed by atoms with Gasteiger partial charge in [0.1, 0.15) is 5.76 Å². The lowest BCUT2D eigenvalue weighted by Crippen LogP contribution is -2.49. The zero-order chi connectivity index (χ0) is 18.7. The maximum absolute atomic E-state index is 5.49. The highest BCUT2D eigenvalue weighted by Crippen LogP contribution is 2.13. The first-order valence-electron chi connectivity index (χ1n) is 10.7. The summed E-state index contributed by atoms with van der Waals surface area (Å²) in [5.41, 5.74) is 0. The molecule has 3 heterocycles. The summed E-state index contributed by atoms with van der Waals surface area (Å²) in [6.07, 6.45) is 8.69. The molecular weight excluding hydrogens is 467 g/mol. The fourth-order valence-electron chi connectivity index (χ4n) is 3.74. The van der Waals surface area contributed by atoms with Crippen LogP contribution < -0.4 is 10.6 Å². The van der Waals surface area contributed by atoms with Crippen LogP contribution in [-0.4, -0.2) is 62.8 Å². The van der Waals surface area contributed by atoms with Gasteiger partial charge in [-0.2, -0.15) is 0 Å². The zero-order valence-corrected chi connectivity index (χ0v) is 19.5. The number of rotatable bonds is 9. The first kappa shape index (κ1) is 23.5. The van der Waals surface area contributed by atoms with Gasteiger partial charge in [0.2, 0.25) is 0 Å². The van der Waals surface area contributed by atoms with Crippen molar-refractivity contribution >= 4 is 29.9 Å². The van der Waals surface area contributed by atoms with Gasteiger partial charge in [-0.1, -0.05) is 13.3 Å². The summed E-state index contributed by atoms with van der Waals surface area (Å²) < 4.78 is 10.9. The molecule has 0 saturated carbocycles. The minimum atomic E-state index is 0. The lowest BCUT2D eigenvalue weighted by atomic mass is 10.0. The van der Waals surface area contributed by atoms with E-state index in [4.69, 9.17) is 14.1 Å². The third-order valence-corrected chi connectivity index (χ3v) is 5.53. The molecule has 0 radical (unpaired) electrons. The molecule has 160 valence electrons. The van der Waals surface area contributed by atoms with Crippen LogP contribution >= 0.6 is 24.0 Å². The second-order valence-corrected chi connectivity index (χ2v) is 7.79. The highest BCUT2D eigenvalue weighted by molar-refractivity contribution is 14.0. The van der Waals surface area contributed by atoms with E-state index in [0.29, 0.717) is 12.0 Å². The lowest BCUT2D eigenvalue weighted by Gasteiger charge is -2.33. The Bertz CT molecular complexity index is 539. The van der Waals surface area contributed by atoms with E-state index in [2.05, 4.69) is 22.5 Å². The van der Waals surface area contributed by atoms with Crippen molar-refractivity contribution in [3.05, 3.63) is 24.2 Å². The van der Waals surface area contributed by atoms with Crippen LogP contribution in [0.3, 0.4) is 0 Å². The van der Waals surface area contributed by atoms with E-state index in [9.17, 15) is 0 Å². The molecule has 6 nitrogen and oxygen atoms in total. The van der Waals surface area contributed by atoms with E-state index in [1.165, 1.54) is 45.3 Å². The summed E-state index contributed by atoms with van der Waals surface area (Å²) in [6.45, 7) is 9.28. The number of nitrogens with zero attached hydrogens (tertiary/aromatic N) is 2. The average molecular weight is 504 g/mol. The SMILES string of the molecule is CCCCN1CCC(NC(=NCC2CCOC2)NCCc2ccco2)CC1.I. The summed E-state index contributed by atoms with van der Waals surface area (Å²) in [4.78, 5) is 7.45. The number of likely N-dealkylation sites (tertiary alicyclic amines) is 1. The van der Waals surface area contributed by atoms with Gasteiger partial charge < -0.3 is 24.7 Å². The number of halogens is 1. The van der Waals surface area contributed by atoms with Gasteiger partial charge in [-0.15, -0.1) is 24.0 Å². The number of aliphatic imine (C=N–C) groups is 1. The van der Waals surface area contributed by atoms with Crippen molar-refractivity contribution in [2.75, 3.05) is 45.9 Å². The van der Waals surface area contributed by atoms with E-state index >= 15 is 0 Å². The molecule has 7 heteroatoms. The van der Waals surface area contributed by atoms with E-state index in [1.807, 2.05) is 12.1 Å². The van der Waals surface area contributed by atoms with Gasteiger partial charge in [-0.05, 0) is 44.4 Å². The molecule has 2 saturated heterocycles. The van der Waals surface area contributed by atoms with Crippen molar-refractivity contribution in [3.63, 3.8) is 0 Å². The van der Waals surface area contributed by atoms with Gasteiger partial charge in [0.05, 0.1) is 12.9 Å². The van der Waals surface area contributed by atoms with Crippen LogP contribution in [0.5, 0.6) is 0 Å². The molecule has 0 bridgehead atoms. The molecule has 0 spiro atoms. The van der Waals surface area contributed by atoms with Crippen LogP contribution in [0, 0.1) is 5.92 Å². The number of furan rings is 1. The maximum Gasteiger partial charge on any atom is 0.191 e. The molecule has 1 unspecified atom stereocenters. The molecule has 2 aliphatic rings. The van der Waals surface area contributed by atoms with Crippen molar-refractivity contribution in [1.82, 2.24) is 15.5 Å². The van der Waals surface area contributed by atoms with Gasteiger partial charge in [-0.3, -0.25) is 4.99 Å². The Hall–Kier alpha value is -0.800. The molecule has 0 aromatic carbocycles. The third kappa shape index (κ3) is 8.29. The Morgan fingerprint density at radius 3 is 2.82 bits per heavy atom. The zero-order valence-electron chi connectivity index (χ0n) is 17.2. The predicted octanol–water partition coefficient (Wildman–Crippen LogP) is 3.28. The van der Waals surface area contributed by atoms with Crippen molar-refractivity contribution in [3.8, 4) is 0 Å². The Labute approximate surface area is 186 Å². The fourth-order valence-corrected chi connectivity index (χ4v) is 3.74. The van der Waals surface area contributed by atoms with Crippen LogP contribution in [0.1, 0.15) is 44.8 Å². The summed E-state index contributed by atoms with van der Waals surface area (Å²) in [5, 5.41) is 7.18. The predicted molar refractivity (Wildman–Crippen MR) is 125 cm³/mol. The van der Waals surface area contributed by atoms with Crippen molar-refractivity contribution in [2.45, 2.75) is 51.5 Å². The van der Waals surface area contributed by atoms with Crippen LogP contribution in [0.25, 0.3) is 0 Å². The molecule has 3 rings (SSSR count). The second kappa shape index (κ2) is 13.4. The molecule has 1 atom stereocenters. The highest BCUT2D eigenvalue weighted by Gasteiger charge is 2.20. The Balaban J connectivity index is 0.00000280. The molecule has 1 aromatic heterocycles. The molecule has 2 fully saturated rings. The number of piperidine rings is 1. The largest absolute Gasteiger partial charge is 0.469 e. The topological polar surface area (TPSA) is 62.0 Å². The molecule has 1 aromatic rings. The third-order valence-electron chi connectivity index (χ3n) is 5.53. The lowest BCUT2D eigenvalue weighted by molar-refractivity contribution is 0.187. The molecule has 28 heavy (non-hydrogen) atoms. The number of guanidine groups is 1. The molecule has 0 aliphatic carbocycles. The molecule has 2 aliphatic heterocycles. The van der Waals surface area contributed by atoms with Crippen molar-refractivity contribution in [2.24, 2.45) is 10.9 Å². The van der Waals surface area contributed by atoms with Gasteiger partial charge in [0.25, 0.3) is 0 Å². The summed E-state index contributed by atoms with van der Waals surface area (Å²) in [6, 6.07) is 4.47. The van der Waals surface area contributed by atoms with E-state index in [0.717, 1.165) is 50.9 Å². The Kier molecular flexibility index (Phi) is 11.3. The molecule has 0 amide bonds. The first-order chi connectivity index (χ1) is 13.3. The minimum Gasteiger partial charge on any atom is -0.469 e. The Morgan fingerprint density at radius 2 is 2.14 bits per heavy atom. The summed E-state index contributed by atoms with van der Waals surface area (Å²) in [7, 11) is 0. The number of nitrogens with one attached hydrogen (secondary N) is 2. The van der Waals surface area contributed by atoms with Gasteiger partial charge >= 0.3 is 0 Å². The first-order valence-corrected chi connectivity index (χ1v) is 10.7.